The molecule has 0 N–H and O–H groups in total. The molecule has 0 atom stereocenters. The lowest BCUT2D eigenvalue weighted by atomic mass is 9.61. The van der Waals surface area contributed by atoms with Crippen LogP contribution in [0.4, 0.5) is 39.5 Å². The molecule has 186 valence electrons. The number of halogens is 9. The third kappa shape index (κ3) is 5.90. The van der Waals surface area contributed by atoms with Crippen LogP contribution in [0.5, 0.6) is 0 Å². The fourth-order valence-corrected chi connectivity index (χ4v) is 3.39. The van der Waals surface area contributed by atoms with E-state index in [1.54, 1.807) is 0 Å². The summed E-state index contributed by atoms with van der Waals surface area (Å²) >= 11 is 0. The van der Waals surface area contributed by atoms with Gasteiger partial charge in [0.15, 0.2) is 0 Å². The van der Waals surface area contributed by atoms with Gasteiger partial charge in [0, 0.05) is 0 Å². The zero-order valence-corrected chi connectivity index (χ0v) is 17.8. The summed E-state index contributed by atoms with van der Waals surface area (Å²) in [6, 6.07) is 11.3. The van der Waals surface area contributed by atoms with E-state index in [2.05, 4.69) is 0 Å². The highest BCUT2D eigenvalue weighted by Crippen LogP contribution is 2.30. The Balaban J connectivity index is 1.65. The highest BCUT2D eigenvalue weighted by atomic mass is 19.4. The number of hydrogen-bond donors (Lipinski definition) is 0. The number of alkyl halides is 9. The minimum atomic E-state index is -4.60. The van der Waals surface area contributed by atoms with Gasteiger partial charge in [0.25, 0.3) is 0 Å². The van der Waals surface area contributed by atoms with Gasteiger partial charge < -0.3 is 13.7 Å². The van der Waals surface area contributed by atoms with E-state index < -0.39 is 56.6 Å². The highest BCUT2D eigenvalue weighted by Gasteiger charge is 2.44. The van der Waals surface area contributed by atoms with Gasteiger partial charge in [-0.15, -0.1) is 0 Å². The molecule has 1 aliphatic rings. The molecule has 0 aliphatic carbocycles. The van der Waals surface area contributed by atoms with Gasteiger partial charge in [-0.05, 0) is 16.4 Å². The Morgan fingerprint density at radius 1 is 0.361 bits per heavy atom. The Kier molecular flexibility index (Phi) is 6.93. The summed E-state index contributed by atoms with van der Waals surface area (Å²) in [4.78, 5) is 0. The van der Waals surface area contributed by atoms with Gasteiger partial charge in [0.2, 0.25) is 0 Å². The molecule has 3 nitrogen and oxygen atoms in total. The van der Waals surface area contributed by atoms with Crippen LogP contribution in [-0.4, -0.2) is 21.4 Å². The van der Waals surface area contributed by atoms with E-state index in [0.29, 0.717) is 0 Å². The first-order valence-electron chi connectivity index (χ1n) is 10.2. The Labute approximate surface area is 199 Å². The second-order valence-corrected chi connectivity index (χ2v) is 7.76. The quantitative estimate of drug-likeness (QED) is 0.385. The maximum Gasteiger partial charge on any atom is 0.467 e. The highest BCUT2D eigenvalue weighted by molar-refractivity contribution is 6.87. The molecule has 3 aromatic carbocycles. The molecular formula is C21H12B3F9O3. The Morgan fingerprint density at radius 2 is 0.556 bits per heavy atom. The molecule has 0 amide bonds. The number of rotatable bonds is 3. The fraction of sp³-hybridized carbons (Fsp3) is 0.143. The maximum absolute atomic E-state index is 12.9. The van der Waals surface area contributed by atoms with Crippen LogP contribution in [0.3, 0.4) is 0 Å². The molecule has 0 bridgehead atoms. The van der Waals surface area contributed by atoms with E-state index in [1.165, 1.54) is 0 Å². The minimum Gasteiger partial charge on any atom is -0.445 e. The van der Waals surface area contributed by atoms with Gasteiger partial charge in [-0.1, -0.05) is 72.8 Å². The lowest BCUT2D eigenvalue weighted by molar-refractivity contribution is -0.138. The van der Waals surface area contributed by atoms with E-state index in [9.17, 15) is 39.5 Å². The maximum atomic E-state index is 12.9. The van der Waals surface area contributed by atoms with Crippen LogP contribution in [0.1, 0.15) is 16.7 Å². The van der Waals surface area contributed by atoms with Crippen molar-refractivity contribution in [2.24, 2.45) is 0 Å². The van der Waals surface area contributed by atoms with Crippen molar-refractivity contribution in [3.63, 3.8) is 0 Å². The van der Waals surface area contributed by atoms with Crippen LogP contribution < -0.4 is 16.4 Å². The third-order valence-electron chi connectivity index (χ3n) is 5.27. The average molecular weight is 516 g/mol. The van der Waals surface area contributed by atoms with Gasteiger partial charge in [-0.25, -0.2) is 0 Å². The summed E-state index contributed by atoms with van der Waals surface area (Å²) in [6.07, 6.45) is -13.8. The second-order valence-electron chi connectivity index (χ2n) is 7.76. The average Bonchev–Trinajstić information content (AvgIpc) is 2.82. The smallest absolute Gasteiger partial charge is 0.445 e. The molecule has 1 fully saturated rings. The van der Waals surface area contributed by atoms with E-state index in [4.69, 9.17) is 13.7 Å². The van der Waals surface area contributed by atoms with Crippen molar-refractivity contribution in [1.82, 2.24) is 0 Å². The first kappa shape index (κ1) is 26.2. The molecule has 0 saturated carbocycles. The molecule has 3 aromatic rings. The summed E-state index contributed by atoms with van der Waals surface area (Å²) in [5.74, 6) is 0. The first-order chi connectivity index (χ1) is 16.7. The standard InChI is InChI=1S/C21H12B3F9O3/c25-19(26,27)13-1-7-16(8-2-13)22-34-23(17-9-3-14(4-10-17)20(28,29)30)36-24(35-22)18-11-5-15(6-12-18)21(31,32)33/h1-12H. The Hall–Kier alpha value is -2.90. The van der Waals surface area contributed by atoms with Crippen molar-refractivity contribution in [1.29, 1.82) is 0 Å². The van der Waals surface area contributed by atoms with Gasteiger partial charge in [-0.3, -0.25) is 0 Å². The molecular weight excluding hydrogens is 504 g/mol. The molecule has 0 radical (unpaired) electrons. The Morgan fingerprint density at radius 3 is 0.722 bits per heavy atom. The predicted molar refractivity (Wildman–Crippen MR) is 114 cm³/mol. The van der Waals surface area contributed by atoms with Gasteiger partial charge >= 0.3 is 39.9 Å². The lowest BCUT2D eigenvalue weighted by Gasteiger charge is -2.31. The summed E-state index contributed by atoms with van der Waals surface area (Å²) in [6.45, 7) is 0. The molecule has 1 saturated heterocycles. The number of benzene rings is 3. The summed E-state index contributed by atoms with van der Waals surface area (Å²) in [5.41, 5.74) is -2.42. The summed E-state index contributed by atoms with van der Waals surface area (Å²) < 4.78 is 133. The molecule has 0 unspecified atom stereocenters. The monoisotopic (exact) mass is 516 g/mol. The first-order valence-corrected chi connectivity index (χ1v) is 10.2. The van der Waals surface area contributed by atoms with Crippen LogP contribution in [0, 0.1) is 0 Å². The normalized spacial score (nSPS) is 15.4. The lowest BCUT2D eigenvalue weighted by Crippen LogP contribution is -2.61. The molecule has 0 spiro atoms. The summed E-state index contributed by atoms with van der Waals surface area (Å²) in [5, 5.41) is 0. The number of hydrogen-bond acceptors (Lipinski definition) is 3. The van der Waals surface area contributed by atoms with Crippen LogP contribution in [0.2, 0.25) is 0 Å². The zero-order valence-electron chi connectivity index (χ0n) is 17.8. The van der Waals surface area contributed by atoms with E-state index >= 15 is 0 Å². The Bertz CT molecular complexity index is 1020. The molecule has 15 heteroatoms. The molecule has 0 aromatic heterocycles. The van der Waals surface area contributed by atoms with Crippen LogP contribution in [0.25, 0.3) is 0 Å². The molecule has 4 rings (SSSR count). The van der Waals surface area contributed by atoms with Crippen molar-refractivity contribution in [2.75, 3.05) is 0 Å². The fourth-order valence-electron chi connectivity index (χ4n) is 3.39. The van der Waals surface area contributed by atoms with Gasteiger partial charge in [0.1, 0.15) is 0 Å². The predicted octanol–water partition coefficient (Wildman–Crippen LogP) is 4.29. The van der Waals surface area contributed by atoms with E-state index in [0.717, 1.165) is 72.8 Å². The summed E-state index contributed by atoms with van der Waals surface area (Å²) in [7, 11) is -4.04. The minimum absolute atomic E-state index is 0.125. The van der Waals surface area contributed by atoms with Crippen molar-refractivity contribution in [3.8, 4) is 0 Å². The van der Waals surface area contributed by atoms with Crippen molar-refractivity contribution < 1.29 is 53.2 Å². The van der Waals surface area contributed by atoms with Crippen LogP contribution >= 0.6 is 0 Å². The van der Waals surface area contributed by atoms with Crippen LogP contribution in [-0.2, 0) is 32.2 Å². The van der Waals surface area contributed by atoms with Crippen molar-refractivity contribution in [2.45, 2.75) is 18.5 Å². The molecule has 1 aliphatic heterocycles. The van der Waals surface area contributed by atoms with Gasteiger partial charge in [0.05, 0.1) is 16.7 Å². The van der Waals surface area contributed by atoms with E-state index in [1.807, 2.05) is 0 Å². The van der Waals surface area contributed by atoms with Crippen molar-refractivity contribution in [3.05, 3.63) is 89.5 Å². The molecule has 36 heavy (non-hydrogen) atoms. The van der Waals surface area contributed by atoms with Gasteiger partial charge in [-0.2, -0.15) is 39.5 Å². The molecule has 1 heterocycles. The topological polar surface area (TPSA) is 27.7 Å². The largest absolute Gasteiger partial charge is 0.467 e. The zero-order chi connectivity index (χ0) is 26.3. The van der Waals surface area contributed by atoms with Crippen molar-refractivity contribution >= 4 is 37.7 Å². The second kappa shape index (κ2) is 9.53. The SMILES string of the molecule is FC(F)(F)c1ccc(B2OB(c3ccc(C(F)(F)F)cc3)OB(c3ccc(C(F)(F)F)cc3)O2)cc1. The van der Waals surface area contributed by atoms with E-state index in [-0.39, 0.29) is 16.4 Å². The third-order valence-corrected chi connectivity index (χ3v) is 5.27. The van der Waals surface area contributed by atoms with Crippen LogP contribution in [0.15, 0.2) is 72.8 Å².